The van der Waals surface area contributed by atoms with E-state index in [0.29, 0.717) is 0 Å². The molecular weight excluding hydrogens is 208 g/mol. The predicted octanol–water partition coefficient (Wildman–Crippen LogP) is 1.91. The first-order chi connectivity index (χ1) is 7.04. The Balaban J connectivity index is 2.40. The molecule has 0 bridgehead atoms. The highest BCUT2D eigenvalue weighted by atomic mass is 32.1. The molecule has 0 aromatic carbocycles. The molecule has 3 nitrogen and oxygen atoms in total. The van der Waals surface area contributed by atoms with Gasteiger partial charge in [0.15, 0.2) is 0 Å². The van der Waals surface area contributed by atoms with E-state index in [-0.39, 0.29) is 12.0 Å². The van der Waals surface area contributed by atoms with Gasteiger partial charge in [0.1, 0.15) is 0 Å². The molecule has 86 valence electrons. The molecule has 1 aromatic rings. The number of hydrogen-bond acceptors (Lipinski definition) is 4. The topological polar surface area (TPSA) is 45.2 Å². The lowest BCUT2D eigenvalue weighted by atomic mass is 9.98. The van der Waals surface area contributed by atoms with Crippen LogP contribution < -0.4 is 5.32 Å². The Kier molecular flexibility index (Phi) is 4.70. The summed E-state index contributed by atoms with van der Waals surface area (Å²) >= 11 is 1.72. The van der Waals surface area contributed by atoms with Crippen molar-refractivity contribution in [2.75, 3.05) is 13.2 Å². The summed E-state index contributed by atoms with van der Waals surface area (Å²) in [6.45, 7) is 8.42. The van der Waals surface area contributed by atoms with Crippen molar-refractivity contribution in [3.8, 4) is 0 Å². The molecule has 1 heterocycles. The normalized spacial score (nSPS) is 12.0. The summed E-state index contributed by atoms with van der Waals surface area (Å²) in [5.74, 6) is 0. The van der Waals surface area contributed by atoms with Crippen LogP contribution in [0.25, 0.3) is 0 Å². The smallest absolute Gasteiger partial charge is 0.0982 e. The summed E-state index contributed by atoms with van der Waals surface area (Å²) in [4.78, 5) is 4.57. The van der Waals surface area contributed by atoms with E-state index in [1.807, 2.05) is 0 Å². The summed E-state index contributed by atoms with van der Waals surface area (Å²) in [6, 6.07) is 0. The summed E-state index contributed by atoms with van der Waals surface area (Å²) in [6.07, 6.45) is 0.802. The van der Waals surface area contributed by atoms with Crippen LogP contribution in [-0.4, -0.2) is 23.2 Å². The van der Waals surface area contributed by atoms with E-state index in [9.17, 15) is 0 Å². The van der Waals surface area contributed by atoms with Crippen molar-refractivity contribution in [3.63, 3.8) is 0 Å². The lowest BCUT2D eigenvalue weighted by Gasteiger charge is -2.13. The van der Waals surface area contributed by atoms with E-state index < -0.39 is 0 Å². The van der Waals surface area contributed by atoms with Crippen LogP contribution in [0, 0.1) is 0 Å². The number of aliphatic hydroxyl groups is 1. The SMILES string of the molecule is CC(C)(C)c1nc(CNCCCO)cs1. The molecule has 0 radical (unpaired) electrons. The number of nitrogens with zero attached hydrogens (tertiary/aromatic N) is 1. The first kappa shape index (κ1) is 12.6. The van der Waals surface area contributed by atoms with E-state index in [4.69, 9.17) is 5.11 Å². The molecule has 2 N–H and O–H groups in total. The highest BCUT2D eigenvalue weighted by Crippen LogP contribution is 2.25. The number of aliphatic hydroxyl groups excluding tert-OH is 1. The van der Waals surface area contributed by atoms with Crippen LogP contribution >= 0.6 is 11.3 Å². The average molecular weight is 228 g/mol. The highest BCUT2D eigenvalue weighted by molar-refractivity contribution is 7.09. The molecule has 1 rings (SSSR count). The van der Waals surface area contributed by atoms with Gasteiger partial charge >= 0.3 is 0 Å². The molecule has 0 fully saturated rings. The maximum Gasteiger partial charge on any atom is 0.0982 e. The monoisotopic (exact) mass is 228 g/mol. The third-order valence-electron chi connectivity index (χ3n) is 2.01. The van der Waals surface area contributed by atoms with Crippen LogP contribution in [-0.2, 0) is 12.0 Å². The Labute approximate surface area is 95.6 Å². The van der Waals surface area contributed by atoms with Crippen molar-refractivity contribution in [3.05, 3.63) is 16.1 Å². The lowest BCUT2D eigenvalue weighted by molar-refractivity contribution is 0.286. The number of nitrogens with one attached hydrogen (secondary N) is 1. The van der Waals surface area contributed by atoms with Crippen molar-refractivity contribution in [1.82, 2.24) is 10.3 Å². The molecule has 15 heavy (non-hydrogen) atoms. The minimum Gasteiger partial charge on any atom is -0.396 e. The van der Waals surface area contributed by atoms with Crippen LogP contribution in [0.4, 0.5) is 0 Å². The van der Waals surface area contributed by atoms with Crippen molar-refractivity contribution in [1.29, 1.82) is 0 Å². The van der Waals surface area contributed by atoms with E-state index in [2.05, 4.69) is 36.5 Å². The molecule has 0 saturated heterocycles. The fourth-order valence-electron chi connectivity index (χ4n) is 1.15. The molecule has 0 aliphatic heterocycles. The third kappa shape index (κ3) is 4.28. The number of aromatic nitrogens is 1. The van der Waals surface area contributed by atoms with Gasteiger partial charge in [0.25, 0.3) is 0 Å². The second-order valence-electron chi connectivity index (χ2n) is 4.65. The summed E-state index contributed by atoms with van der Waals surface area (Å²) in [7, 11) is 0. The van der Waals surface area contributed by atoms with Crippen LogP contribution in [0.3, 0.4) is 0 Å². The molecule has 0 unspecified atom stereocenters. The molecule has 0 spiro atoms. The van der Waals surface area contributed by atoms with Gasteiger partial charge in [-0.1, -0.05) is 20.8 Å². The number of thiazole rings is 1. The molecule has 0 saturated carbocycles. The Morgan fingerprint density at radius 2 is 2.20 bits per heavy atom. The van der Waals surface area contributed by atoms with Gasteiger partial charge in [-0.2, -0.15) is 0 Å². The third-order valence-corrected chi connectivity index (χ3v) is 3.33. The van der Waals surface area contributed by atoms with Crippen molar-refractivity contribution < 1.29 is 5.11 Å². The van der Waals surface area contributed by atoms with Crippen molar-refractivity contribution in [2.24, 2.45) is 0 Å². The maximum absolute atomic E-state index is 8.62. The fourth-order valence-corrected chi connectivity index (χ4v) is 2.06. The van der Waals surface area contributed by atoms with Crippen LogP contribution in [0.2, 0.25) is 0 Å². The predicted molar refractivity (Wildman–Crippen MR) is 64.2 cm³/mol. The average Bonchev–Trinajstić information content (AvgIpc) is 2.60. The van der Waals surface area contributed by atoms with E-state index >= 15 is 0 Å². The minimum atomic E-state index is 0.147. The number of rotatable bonds is 5. The van der Waals surface area contributed by atoms with Gasteiger partial charge in [0.05, 0.1) is 10.7 Å². The van der Waals surface area contributed by atoms with Crippen molar-refractivity contribution in [2.45, 2.75) is 39.2 Å². The van der Waals surface area contributed by atoms with Gasteiger partial charge in [0, 0.05) is 23.9 Å². The summed E-state index contributed by atoms with van der Waals surface area (Å²) in [5, 5.41) is 15.2. The molecular formula is C11H20N2OS. The molecule has 0 amide bonds. The quantitative estimate of drug-likeness (QED) is 0.757. The lowest BCUT2D eigenvalue weighted by Crippen LogP contribution is -2.16. The zero-order chi connectivity index (χ0) is 11.3. The maximum atomic E-state index is 8.62. The van der Waals surface area contributed by atoms with Gasteiger partial charge in [-0.25, -0.2) is 4.98 Å². The van der Waals surface area contributed by atoms with Gasteiger partial charge in [-0.05, 0) is 13.0 Å². The molecule has 0 aliphatic rings. The Morgan fingerprint density at radius 1 is 1.47 bits per heavy atom. The zero-order valence-electron chi connectivity index (χ0n) is 9.71. The first-order valence-electron chi connectivity index (χ1n) is 5.30. The van der Waals surface area contributed by atoms with Gasteiger partial charge < -0.3 is 10.4 Å². The van der Waals surface area contributed by atoms with E-state index in [0.717, 1.165) is 25.2 Å². The Hall–Kier alpha value is -0.450. The fraction of sp³-hybridized carbons (Fsp3) is 0.727. The Morgan fingerprint density at radius 3 is 2.73 bits per heavy atom. The standard InChI is InChI=1S/C11H20N2OS/c1-11(2,3)10-13-9(8-15-10)7-12-5-4-6-14/h8,12,14H,4-7H2,1-3H3. The van der Waals surface area contributed by atoms with Crippen molar-refractivity contribution >= 4 is 11.3 Å². The van der Waals surface area contributed by atoms with Crippen LogP contribution in [0.15, 0.2) is 5.38 Å². The first-order valence-corrected chi connectivity index (χ1v) is 6.18. The van der Waals surface area contributed by atoms with E-state index in [1.165, 1.54) is 5.01 Å². The van der Waals surface area contributed by atoms with Gasteiger partial charge in [-0.15, -0.1) is 11.3 Å². The molecule has 0 atom stereocenters. The van der Waals surface area contributed by atoms with E-state index in [1.54, 1.807) is 11.3 Å². The largest absolute Gasteiger partial charge is 0.396 e. The van der Waals surface area contributed by atoms with Gasteiger partial charge in [0.2, 0.25) is 0 Å². The number of hydrogen-bond donors (Lipinski definition) is 2. The second-order valence-corrected chi connectivity index (χ2v) is 5.51. The summed E-state index contributed by atoms with van der Waals surface area (Å²) in [5.41, 5.74) is 1.25. The molecule has 1 aromatic heterocycles. The Bertz CT molecular complexity index is 291. The molecule has 0 aliphatic carbocycles. The van der Waals surface area contributed by atoms with Crippen LogP contribution in [0.5, 0.6) is 0 Å². The van der Waals surface area contributed by atoms with Gasteiger partial charge in [-0.3, -0.25) is 0 Å². The second kappa shape index (κ2) is 5.58. The summed E-state index contributed by atoms with van der Waals surface area (Å²) < 4.78 is 0. The zero-order valence-corrected chi connectivity index (χ0v) is 10.5. The highest BCUT2D eigenvalue weighted by Gasteiger charge is 2.17. The van der Waals surface area contributed by atoms with Crippen LogP contribution in [0.1, 0.15) is 37.9 Å². The minimum absolute atomic E-state index is 0.147. The molecule has 4 heteroatoms.